The molecule has 1 aromatic rings. The molecule has 3 heteroatoms. The Morgan fingerprint density at radius 2 is 0.974 bits per heavy atom. The van der Waals surface area contributed by atoms with E-state index < -0.39 is 0 Å². The van der Waals surface area contributed by atoms with Gasteiger partial charge in [-0.15, -0.1) is 0 Å². The summed E-state index contributed by atoms with van der Waals surface area (Å²) in [5.41, 5.74) is 1.93. The predicted octanol–water partition coefficient (Wildman–Crippen LogP) is 9.81. The van der Waals surface area contributed by atoms with Crippen LogP contribution < -0.4 is 9.47 Å². The van der Waals surface area contributed by atoms with Crippen LogP contribution in [0.4, 0.5) is 5.69 Å². The van der Waals surface area contributed by atoms with Crippen molar-refractivity contribution >= 4 is 5.69 Å². The number of hydrogen-bond acceptors (Lipinski definition) is 2. The first-order valence-corrected chi connectivity index (χ1v) is 17.0. The maximum absolute atomic E-state index is 2.73. The van der Waals surface area contributed by atoms with E-state index in [4.69, 9.17) is 0 Å². The molecule has 0 saturated heterocycles. The summed E-state index contributed by atoms with van der Waals surface area (Å²) in [5, 5.41) is 0. The van der Waals surface area contributed by atoms with Crippen molar-refractivity contribution in [2.45, 2.75) is 161 Å². The summed E-state index contributed by atoms with van der Waals surface area (Å²) in [6, 6.07) is 4.96. The molecule has 0 spiro atoms. The topological polar surface area (TPSA) is 37.1 Å². The monoisotopic (exact) mass is 526 g/mol. The van der Waals surface area contributed by atoms with Crippen molar-refractivity contribution in [3.8, 4) is 0 Å². The number of unbranched alkanes of at least 4 members (excludes halogenated alkanes) is 14. The molecule has 1 N–H and O–H groups in total. The second-order valence-corrected chi connectivity index (χ2v) is 13.5. The van der Waals surface area contributed by atoms with Crippen molar-refractivity contribution in [2.24, 2.45) is 17.8 Å². The fourth-order valence-corrected chi connectivity index (χ4v) is 8.57. The van der Waals surface area contributed by atoms with E-state index in [9.17, 15) is 0 Å². The van der Waals surface area contributed by atoms with Crippen LogP contribution in [0.25, 0.3) is 0 Å². The molecule has 4 bridgehead atoms. The van der Waals surface area contributed by atoms with Crippen LogP contribution in [0.1, 0.15) is 155 Å². The van der Waals surface area contributed by atoms with Gasteiger partial charge in [-0.2, -0.15) is 4.57 Å². The average Bonchev–Trinajstić information content (AvgIpc) is 2.90. The SMILES string of the molecule is CCCCCCCCCCN(CCCCCCCCCC)c1cc[n+](C23CC4CC(CC(C4)C2)C3)cc1.[OH-]. The Hall–Kier alpha value is -1.09. The Bertz CT molecular complexity index is 690. The summed E-state index contributed by atoms with van der Waals surface area (Å²) < 4.78 is 2.67. The molecular weight excluding hydrogens is 464 g/mol. The lowest BCUT2D eigenvalue weighted by Crippen LogP contribution is -2.64. The largest absolute Gasteiger partial charge is 0.870 e. The van der Waals surface area contributed by atoms with Crippen LogP contribution in [0.3, 0.4) is 0 Å². The summed E-state index contributed by atoms with van der Waals surface area (Å²) in [6.07, 6.45) is 36.5. The zero-order valence-corrected chi connectivity index (χ0v) is 25.4. The van der Waals surface area contributed by atoms with E-state index in [2.05, 4.69) is 47.8 Å². The number of anilines is 1. The molecule has 5 rings (SSSR count). The Morgan fingerprint density at radius 3 is 1.37 bits per heavy atom. The van der Waals surface area contributed by atoms with Crippen LogP contribution in [0, 0.1) is 17.8 Å². The zero-order valence-electron chi connectivity index (χ0n) is 25.4. The third kappa shape index (κ3) is 9.24. The molecule has 4 fully saturated rings. The zero-order chi connectivity index (χ0) is 25.8. The fourth-order valence-electron chi connectivity index (χ4n) is 8.57. The quantitative estimate of drug-likeness (QED) is 0.125. The molecule has 4 aliphatic carbocycles. The van der Waals surface area contributed by atoms with Crippen molar-refractivity contribution in [3.63, 3.8) is 0 Å². The molecule has 0 amide bonds. The normalized spacial score (nSPS) is 25.5. The van der Waals surface area contributed by atoms with Gasteiger partial charge in [-0.05, 0) is 49.9 Å². The van der Waals surface area contributed by atoms with Gasteiger partial charge in [-0.25, -0.2) is 0 Å². The van der Waals surface area contributed by atoms with Crippen molar-refractivity contribution in [2.75, 3.05) is 18.0 Å². The Morgan fingerprint density at radius 1 is 0.605 bits per heavy atom. The lowest BCUT2D eigenvalue weighted by atomic mass is 9.53. The average molecular weight is 527 g/mol. The van der Waals surface area contributed by atoms with Gasteiger partial charge in [-0.3, -0.25) is 0 Å². The lowest BCUT2D eigenvalue weighted by molar-refractivity contribution is -0.776. The first-order valence-electron chi connectivity index (χ1n) is 17.0. The van der Waals surface area contributed by atoms with E-state index in [1.807, 2.05) is 0 Å². The van der Waals surface area contributed by atoms with Crippen LogP contribution in [0.5, 0.6) is 0 Å². The molecular formula is C35H62N2O. The van der Waals surface area contributed by atoms with Gasteiger partial charge in [0.15, 0.2) is 17.9 Å². The van der Waals surface area contributed by atoms with Crippen molar-refractivity contribution in [1.29, 1.82) is 0 Å². The number of nitrogens with zero attached hydrogens (tertiary/aromatic N) is 2. The predicted molar refractivity (Wildman–Crippen MR) is 162 cm³/mol. The van der Waals surface area contributed by atoms with Crippen LogP contribution in [0.15, 0.2) is 24.5 Å². The summed E-state index contributed by atoms with van der Waals surface area (Å²) in [7, 11) is 0. The highest BCUT2D eigenvalue weighted by atomic mass is 16.0. The minimum absolute atomic E-state index is 0. The second kappa shape index (κ2) is 16.9. The first-order chi connectivity index (χ1) is 18.2. The standard InChI is InChI=1S/C35H61N2.H2O/c1-3-5-7-9-11-13-15-17-21-36(22-18-16-14-12-10-8-6-4-2)34-19-23-37(24-20-34)35-28-31-25-32(29-35)27-33(26-31)30-35;/h19-20,23-24,31-33H,3-18,21-22,25-30H2,1-2H3;1H2/q+1;/p-1. The minimum Gasteiger partial charge on any atom is -0.870 e. The maximum Gasteiger partial charge on any atom is 0.171 e. The molecule has 1 heterocycles. The van der Waals surface area contributed by atoms with E-state index in [0.29, 0.717) is 5.54 Å². The van der Waals surface area contributed by atoms with Crippen molar-refractivity contribution in [3.05, 3.63) is 24.5 Å². The molecule has 4 aliphatic rings. The third-order valence-electron chi connectivity index (χ3n) is 10.3. The van der Waals surface area contributed by atoms with Crippen molar-refractivity contribution < 1.29 is 10.0 Å². The summed E-state index contributed by atoms with van der Waals surface area (Å²) in [5.74, 6) is 3.04. The van der Waals surface area contributed by atoms with Gasteiger partial charge in [0.2, 0.25) is 0 Å². The molecule has 218 valence electrons. The van der Waals surface area contributed by atoms with Gasteiger partial charge in [0.05, 0.1) is 0 Å². The highest BCUT2D eigenvalue weighted by molar-refractivity contribution is 5.43. The van der Waals surface area contributed by atoms with E-state index in [1.165, 1.54) is 160 Å². The number of hydrogen-bond donors (Lipinski definition) is 0. The van der Waals surface area contributed by atoms with Gasteiger partial charge in [-0.1, -0.05) is 104 Å². The Kier molecular flexibility index (Phi) is 14.0. The van der Waals surface area contributed by atoms with Gasteiger partial charge in [0.25, 0.3) is 0 Å². The van der Waals surface area contributed by atoms with Gasteiger partial charge in [0, 0.05) is 50.2 Å². The first kappa shape index (κ1) is 31.4. The van der Waals surface area contributed by atoms with Gasteiger partial charge < -0.3 is 10.4 Å². The van der Waals surface area contributed by atoms with Crippen LogP contribution in [-0.2, 0) is 5.54 Å². The molecule has 3 nitrogen and oxygen atoms in total. The van der Waals surface area contributed by atoms with Crippen molar-refractivity contribution in [1.82, 2.24) is 0 Å². The summed E-state index contributed by atoms with van der Waals surface area (Å²) >= 11 is 0. The molecule has 0 atom stereocenters. The fraction of sp³-hybridized carbons (Fsp3) is 0.857. The molecule has 38 heavy (non-hydrogen) atoms. The summed E-state index contributed by atoms with van der Waals surface area (Å²) in [6.45, 7) is 7.12. The molecule has 0 aromatic carbocycles. The number of pyridine rings is 1. The smallest absolute Gasteiger partial charge is 0.171 e. The van der Waals surface area contributed by atoms with E-state index in [-0.39, 0.29) is 5.48 Å². The highest BCUT2D eigenvalue weighted by Crippen LogP contribution is 2.56. The number of aromatic nitrogens is 1. The number of rotatable bonds is 20. The van der Waals surface area contributed by atoms with Crippen LogP contribution >= 0.6 is 0 Å². The molecule has 4 saturated carbocycles. The molecule has 0 aliphatic heterocycles. The minimum atomic E-state index is 0. The lowest BCUT2D eigenvalue weighted by Gasteiger charge is -2.53. The van der Waals surface area contributed by atoms with Crippen LogP contribution in [0.2, 0.25) is 0 Å². The van der Waals surface area contributed by atoms with E-state index >= 15 is 0 Å². The maximum atomic E-state index is 2.73. The van der Waals surface area contributed by atoms with Crippen LogP contribution in [-0.4, -0.2) is 18.6 Å². The Labute approximate surface area is 236 Å². The molecule has 0 unspecified atom stereocenters. The van der Waals surface area contributed by atoms with Gasteiger partial charge in [0.1, 0.15) is 0 Å². The van der Waals surface area contributed by atoms with Gasteiger partial charge >= 0.3 is 0 Å². The van der Waals surface area contributed by atoms with E-state index in [0.717, 1.165) is 17.8 Å². The van der Waals surface area contributed by atoms with E-state index in [1.54, 1.807) is 0 Å². The molecule has 0 radical (unpaired) electrons. The Balaban J connectivity index is 0.00000400. The second-order valence-electron chi connectivity index (χ2n) is 13.5. The third-order valence-corrected chi connectivity index (χ3v) is 10.3. The highest BCUT2D eigenvalue weighted by Gasteiger charge is 2.56. The summed E-state index contributed by atoms with van der Waals surface area (Å²) in [4.78, 5) is 2.73. The molecule has 1 aromatic heterocycles.